The van der Waals surface area contributed by atoms with Crippen molar-refractivity contribution < 1.29 is 0 Å². The molecule has 14 heavy (non-hydrogen) atoms. The molecule has 1 saturated heterocycles. The van der Waals surface area contributed by atoms with E-state index in [4.69, 9.17) is 0 Å². The Morgan fingerprint density at radius 2 is 1.29 bits per heavy atom. The zero-order valence-corrected chi connectivity index (χ0v) is 11.4. The molecule has 0 radical (unpaired) electrons. The van der Waals surface area contributed by atoms with Crippen molar-refractivity contribution in [1.82, 2.24) is 9.80 Å². The first-order valence-electron chi connectivity index (χ1n) is 5.81. The van der Waals surface area contributed by atoms with Crippen LogP contribution in [0.2, 0.25) is 0 Å². The van der Waals surface area contributed by atoms with Crippen molar-refractivity contribution in [1.29, 1.82) is 0 Å². The van der Waals surface area contributed by atoms with Crippen molar-refractivity contribution in [2.45, 2.75) is 39.5 Å². The van der Waals surface area contributed by atoms with E-state index in [2.05, 4.69) is 23.6 Å². The maximum Gasteiger partial charge on any atom is 0.0507 e. The second kappa shape index (κ2) is 8.69. The molecule has 1 rings (SSSR count). The van der Waals surface area contributed by atoms with Gasteiger partial charge < -0.3 is 0 Å². The van der Waals surface area contributed by atoms with Gasteiger partial charge in [0.25, 0.3) is 0 Å². The molecule has 0 saturated carbocycles. The molecule has 0 spiro atoms. The summed E-state index contributed by atoms with van der Waals surface area (Å²) in [4.78, 5) is 5.16. The summed E-state index contributed by atoms with van der Waals surface area (Å²) in [5.74, 6) is 0. The molecule has 1 fully saturated rings. The van der Waals surface area contributed by atoms with Crippen molar-refractivity contribution in [2.75, 3.05) is 32.8 Å². The second-order valence-electron chi connectivity index (χ2n) is 4.08. The molecule has 86 valence electrons. The molecular formula is C11H25BrN2. The van der Waals surface area contributed by atoms with E-state index in [1.54, 1.807) is 0 Å². The van der Waals surface area contributed by atoms with Crippen molar-refractivity contribution in [3.05, 3.63) is 0 Å². The lowest BCUT2D eigenvalue weighted by molar-refractivity contribution is 0.241. The Morgan fingerprint density at radius 1 is 0.857 bits per heavy atom. The summed E-state index contributed by atoms with van der Waals surface area (Å²) >= 11 is 0. The Morgan fingerprint density at radius 3 is 1.64 bits per heavy atom. The Bertz CT molecular complexity index is 116. The van der Waals surface area contributed by atoms with Gasteiger partial charge in [0.1, 0.15) is 0 Å². The Hall–Kier alpha value is 0.400. The Kier molecular flexibility index (Phi) is 8.94. The minimum Gasteiger partial charge on any atom is -0.289 e. The maximum absolute atomic E-state index is 2.58. The van der Waals surface area contributed by atoms with Crippen molar-refractivity contribution >= 4 is 17.0 Å². The first-order valence-corrected chi connectivity index (χ1v) is 5.81. The average molecular weight is 265 g/mol. The third-order valence-corrected chi connectivity index (χ3v) is 2.79. The highest BCUT2D eigenvalue weighted by Gasteiger charge is 2.17. The van der Waals surface area contributed by atoms with Crippen molar-refractivity contribution in [2.24, 2.45) is 0 Å². The first kappa shape index (κ1) is 14.4. The Labute approximate surface area is 99.4 Å². The van der Waals surface area contributed by atoms with Gasteiger partial charge in [0, 0.05) is 13.1 Å². The van der Waals surface area contributed by atoms with E-state index in [9.17, 15) is 0 Å². The molecule has 0 N–H and O–H groups in total. The summed E-state index contributed by atoms with van der Waals surface area (Å²) in [6.45, 7) is 11.0. The van der Waals surface area contributed by atoms with Crippen LogP contribution in [0.1, 0.15) is 39.5 Å². The molecule has 2 nitrogen and oxygen atoms in total. The van der Waals surface area contributed by atoms with Crippen molar-refractivity contribution in [3.8, 4) is 0 Å². The molecular weight excluding hydrogens is 240 g/mol. The molecule has 1 aliphatic heterocycles. The van der Waals surface area contributed by atoms with Gasteiger partial charge in [-0.3, -0.25) is 9.80 Å². The average Bonchev–Trinajstić information content (AvgIpc) is 2.59. The first-order chi connectivity index (χ1) is 6.36. The van der Waals surface area contributed by atoms with E-state index in [-0.39, 0.29) is 17.0 Å². The third-order valence-electron chi connectivity index (χ3n) is 2.79. The molecule has 0 atom stereocenters. The van der Waals surface area contributed by atoms with Crippen LogP contribution in [-0.2, 0) is 0 Å². The number of unbranched alkanes of at least 4 members (excludes halogenated alkanes) is 2. The van der Waals surface area contributed by atoms with E-state index < -0.39 is 0 Å². The molecule has 0 aromatic rings. The number of nitrogens with zero attached hydrogens (tertiary/aromatic N) is 2. The van der Waals surface area contributed by atoms with Gasteiger partial charge in [0.15, 0.2) is 0 Å². The van der Waals surface area contributed by atoms with E-state index >= 15 is 0 Å². The minimum atomic E-state index is 0. The van der Waals surface area contributed by atoms with Gasteiger partial charge in [0.2, 0.25) is 0 Å². The summed E-state index contributed by atoms with van der Waals surface area (Å²) in [7, 11) is 0. The van der Waals surface area contributed by atoms with E-state index in [1.807, 2.05) is 0 Å². The molecule has 3 heteroatoms. The monoisotopic (exact) mass is 264 g/mol. The zero-order valence-electron chi connectivity index (χ0n) is 9.67. The van der Waals surface area contributed by atoms with Gasteiger partial charge in [-0.1, -0.05) is 26.7 Å². The lowest BCUT2D eigenvalue weighted by Gasteiger charge is -2.17. The zero-order chi connectivity index (χ0) is 9.52. The largest absolute Gasteiger partial charge is 0.289 e. The summed E-state index contributed by atoms with van der Waals surface area (Å²) in [5.41, 5.74) is 0. The van der Waals surface area contributed by atoms with Crippen LogP contribution in [0.4, 0.5) is 0 Å². The number of rotatable bonds is 6. The quantitative estimate of drug-likeness (QED) is 0.728. The molecule has 1 aliphatic rings. The lowest BCUT2D eigenvalue weighted by Crippen LogP contribution is -2.26. The van der Waals surface area contributed by atoms with Crippen LogP contribution in [0.5, 0.6) is 0 Å². The molecule has 0 unspecified atom stereocenters. The van der Waals surface area contributed by atoms with E-state index in [0.717, 1.165) is 0 Å². The topological polar surface area (TPSA) is 6.48 Å². The van der Waals surface area contributed by atoms with Crippen LogP contribution < -0.4 is 0 Å². The number of hydrogen-bond donors (Lipinski definition) is 0. The molecule has 0 bridgehead atoms. The number of hydrogen-bond acceptors (Lipinski definition) is 2. The van der Waals surface area contributed by atoms with Crippen LogP contribution in [-0.4, -0.2) is 42.6 Å². The normalized spacial score (nSPS) is 18.4. The molecule has 1 heterocycles. The molecule has 0 aromatic carbocycles. The fraction of sp³-hybridized carbons (Fsp3) is 1.00. The fourth-order valence-corrected chi connectivity index (χ4v) is 1.84. The van der Waals surface area contributed by atoms with Crippen LogP contribution >= 0.6 is 17.0 Å². The lowest BCUT2D eigenvalue weighted by atomic mass is 10.3. The molecule has 0 aromatic heterocycles. The highest BCUT2D eigenvalue weighted by atomic mass is 79.9. The third kappa shape index (κ3) is 5.32. The van der Waals surface area contributed by atoms with Crippen molar-refractivity contribution in [3.63, 3.8) is 0 Å². The van der Waals surface area contributed by atoms with Gasteiger partial charge in [-0.2, -0.15) is 0 Å². The van der Waals surface area contributed by atoms with Crippen LogP contribution in [0, 0.1) is 0 Å². The smallest absolute Gasteiger partial charge is 0.0507 e. The van der Waals surface area contributed by atoms with Crippen LogP contribution in [0.15, 0.2) is 0 Å². The summed E-state index contributed by atoms with van der Waals surface area (Å²) < 4.78 is 0. The highest BCUT2D eigenvalue weighted by molar-refractivity contribution is 8.93. The van der Waals surface area contributed by atoms with Crippen LogP contribution in [0.25, 0.3) is 0 Å². The van der Waals surface area contributed by atoms with Gasteiger partial charge >= 0.3 is 0 Å². The SMILES string of the molecule is Br.CCCCN1CCN(CCCC)C1. The summed E-state index contributed by atoms with van der Waals surface area (Å²) in [6, 6.07) is 0. The molecule has 0 aliphatic carbocycles. The molecule has 0 amide bonds. The van der Waals surface area contributed by atoms with E-state index in [0.29, 0.717) is 0 Å². The standard InChI is InChI=1S/C11H24N2.BrH/c1-3-5-7-12-9-10-13(11-12)8-6-4-2;/h3-11H2,1-2H3;1H. The van der Waals surface area contributed by atoms with E-state index in [1.165, 1.54) is 58.5 Å². The van der Waals surface area contributed by atoms with Gasteiger partial charge in [0.05, 0.1) is 6.67 Å². The maximum atomic E-state index is 2.58. The predicted molar refractivity (Wildman–Crippen MR) is 68.2 cm³/mol. The van der Waals surface area contributed by atoms with Gasteiger partial charge in [-0.25, -0.2) is 0 Å². The summed E-state index contributed by atoms with van der Waals surface area (Å²) in [6.07, 6.45) is 5.38. The summed E-state index contributed by atoms with van der Waals surface area (Å²) in [5, 5.41) is 0. The van der Waals surface area contributed by atoms with Gasteiger partial charge in [-0.05, 0) is 25.9 Å². The fourth-order valence-electron chi connectivity index (χ4n) is 1.84. The number of halogens is 1. The Balaban J connectivity index is 0.00000169. The second-order valence-corrected chi connectivity index (χ2v) is 4.08. The van der Waals surface area contributed by atoms with Gasteiger partial charge in [-0.15, -0.1) is 17.0 Å². The predicted octanol–water partition coefficient (Wildman–Crippen LogP) is 2.74. The van der Waals surface area contributed by atoms with Crippen LogP contribution in [0.3, 0.4) is 0 Å². The highest BCUT2D eigenvalue weighted by Crippen LogP contribution is 2.07. The minimum absolute atomic E-state index is 0.